The van der Waals surface area contributed by atoms with Crippen LogP contribution in [0.15, 0.2) is 28.1 Å². The van der Waals surface area contributed by atoms with Crippen LogP contribution in [0.4, 0.5) is 13.2 Å². The minimum absolute atomic E-state index is 0.313. The van der Waals surface area contributed by atoms with Gasteiger partial charge in [-0.15, -0.1) is 0 Å². The number of carbonyl (C=O) groups excluding carboxylic acids is 1. The number of nitrogens with zero attached hydrogens (tertiary/aromatic N) is 2. The first-order valence-corrected chi connectivity index (χ1v) is 7.17. The zero-order valence-electron chi connectivity index (χ0n) is 10.4. The average molecular weight is 333 g/mol. The van der Waals surface area contributed by atoms with Gasteiger partial charge < -0.3 is 4.90 Å². The van der Waals surface area contributed by atoms with Crippen molar-refractivity contribution in [2.75, 3.05) is 13.1 Å². The van der Waals surface area contributed by atoms with Crippen LogP contribution in [0.5, 0.6) is 0 Å². The number of amidine groups is 1. The molecule has 0 aromatic heterocycles. The maximum Gasteiger partial charge on any atom is 0.417 e. The Morgan fingerprint density at radius 1 is 1.38 bits per heavy atom. The maximum absolute atomic E-state index is 13.0. The van der Waals surface area contributed by atoms with Gasteiger partial charge >= 0.3 is 6.18 Å². The number of aldehydes is 1. The van der Waals surface area contributed by atoms with Crippen molar-refractivity contribution in [3.63, 3.8) is 0 Å². The highest BCUT2D eigenvalue weighted by molar-refractivity contribution is 8.18. The van der Waals surface area contributed by atoms with E-state index in [0.717, 1.165) is 6.07 Å². The van der Waals surface area contributed by atoms with Crippen molar-refractivity contribution in [2.45, 2.75) is 6.18 Å². The van der Waals surface area contributed by atoms with Gasteiger partial charge in [0, 0.05) is 12.1 Å². The smallest absolute Gasteiger partial charge is 0.317 e. The number of carbonyl (C=O) groups is 1. The summed E-state index contributed by atoms with van der Waals surface area (Å²) in [6, 6.07) is 3.66. The van der Waals surface area contributed by atoms with Crippen LogP contribution < -0.4 is 0 Å². The summed E-state index contributed by atoms with van der Waals surface area (Å²) in [4.78, 5) is 17.5. The molecule has 0 unspecified atom stereocenters. The number of hydrogen-bond acceptors (Lipinski definition) is 4. The minimum atomic E-state index is -4.54. The van der Waals surface area contributed by atoms with Crippen molar-refractivity contribution in [2.24, 2.45) is 4.99 Å². The zero-order valence-corrected chi connectivity index (χ0v) is 12.0. The number of rotatable bonds is 2. The molecule has 0 bridgehead atoms. The van der Waals surface area contributed by atoms with Crippen LogP contribution in [0, 0.1) is 0 Å². The monoisotopic (exact) mass is 332 g/mol. The lowest BCUT2D eigenvalue weighted by molar-refractivity contribution is -0.137. The van der Waals surface area contributed by atoms with Crippen molar-refractivity contribution in [1.82, 2.24) is 4.90 Å². The van der Waals surface area contributed by atoms with Gasteiger partial charge in [-0.1, -0.05) is 17.7 Å². The Labute approximate surface area is 127 Å². The molecule has 2 aliphatic heterocycles. The fourth-order valence-electron chi connectivity index (χ4n) is 2.27. The molecule has 1 aromatic carbocycles. The molecule has 21 heavy (non-hydrogen) atoms. The highest BCUT2D eigenvalue weighted by atomic mass is 35.5. The Morgan fingerprint density at radius 2 is 2.14 bits per heavy atom. The van der Waals surface area contributed by atoms with E-state index >= 15 is 0 Å². The summed E-state index contributed by atoms with van der Waals surface area (Å²) < 4.78 is 38.9. The van der Waals surface area contributed by atoms with E-state index in [2.05, 4.69) is 4.99 Å². The predicted molar refractivity (Wildman–Crippen MR) is 76.0 cm³/mol. The molecule has 2 heterocycles. The molecular weight excluding hydrogens is 325 g/mol. The summed E-state index contributed by atoms with van der Waals surface area (Å²) >= 11 is 6.80. The van der Waals surface area contributed by atoms with Gasteiger partial charge in [0.2, 0.25) is 0 Å². The van der Waals surface area contributed by atoms with Gasteiger partial charge in [-0.2, -0.15) is 13.2 Å². The number of fused-ring (bicyclic) bond motifs is 1. The Hall–Kier alpha value is -1.47. The second-order valence-corrected chi connectivity index (χ2v) is 5.86. The molecule has 3 rings (SSSR count). The summed E-state index contributed by atoms with van der Waals surface area (Å²) in [6.07, 6.45) is -3.90. The van der Waals surface area contributed by atoms with Gasteiger partial charge in [0.05, 0.1) is 27.7 Å². The van der Waals surface area contributed by atoms with Crippen LogP contribution >= 0.6 is 23.4 Å². The number of benzene rings is 1. The van der Waals surface area contributed by atoms with Crippen molar-refractivity contribution < 1.29 is 18.0 Å². The number of thioether (sulfide) groups is 1. The average Bonchev–Trinajstić information content (AvgIpc) is 2.98. The first-order valence-electron chi connectivity index (χ1n) is 5.98. The third-order valence-corrected chi connectivity index (χ3v) is 4.53. The second kappa shape index (κ2) is 5.06. The molecule has 0 radical (unpaired) electrons. The molecule has 110 valence electrons. The predicted octanol–water partition coefficient (Wildman–Crippen LogP) is 3.64. The summed E-state index contributed by atoms with van der Waals surface area (Å²) in [6.45, 7) is 1.12. The van der Waals surface area contributed by atoms with Crippen molar-refractivity contribution in [3.05, 3.63) is 39.3 Å². The molecule has 0 aliphatic carbocycles. The first kappa shape index (κ1) is 14.5. The van der Waals surface area contributed by atoms with Gasteiger partial charge in [0.25, 0.3) is 0 Å². The molecule has 0 atom stereocenters. The van der Waals surface area contributed by atoms with Gasteiger partial charge in [0.15, 0.2) is 11.5 Å². The molecule has 0 spiro atoms. The number of aliphatic imine (C=N–C) groups is 1. The molecule has 3 nitrogen and oxygen atoms in total. The molecule has 8 heteroatoms. The van der Waals surface area contributed by atoms with Crippen LogP contribution in [0.1, 0.15) is 11.1 Å². The van der Waals surface area contributed by atoms with Crippen molar-refractivity contribution in [1.29, 1.82) is 0 Å². The van der Waals surface area contributed by atoms with E-state index in [-0.39, 0.29) is 5.02 Å². The fraction of sp³-hybridized carbons (Fsp3) is 0.231. The van der Waals surface area contributed by atoms with Crippen LogP contribution in [0.25, 0.3) is 5.70 Å². The van der Waals surface area contributed by atoms with E-state index < -0.39 is 11.7 Å². The number of allylic oxidation sites excluding steroid dienone is 1. The summed E-state index contributed by atoms with van der Waals surface area (Å²) in [5.74, 6) is 0. The van der Waals surface area contributed by atoms with E-state index in [1.165, 1.54) is 23.9 Å². The second-order valence-electron chi connectivity index (χ2n) is 4.44. The molecule has 0 saturated heterocycles. The van der Waals surface area contributed by atoms with Crippen molar-refractivity contribution in [3.8, 4) is 0 Å². The van der Waals surface area contributed by atoms with Crippen LogP contribution in [-0.2, 0) is 11.0 Å². The van der Waals surface area contributed by atoms with Gasteiger partial charge in [-0.25, -0.2) is 0 Å². The third-order valence-electron chi connectivity index (χ3n) is 3.16. The fourth-order valence-corrected chi connectivity index (χ4v) is 3.51. The van der Waals surface area contributed by atoms with Gasteiger partial charge in [-0.05, 0) is 23.9 Å². The van der Waals surface area contributed by atoms with E-state index in [1.54, 1.807) is 4.90 Å². The topological polar surface area (TPSA) is 32.7 Å². The number of alkyl halides is 3. The first-order chi connectivity index (χ1) is 9.91. The standard InChI is InChI=1S/C13H8ClF3N2OS/c14-9-2-1-7(5-8(9)13(15,16)17)11-10(6-20)21-12-18-3-4-19(11)12/h1-2,5-6H,3-4H2. The SMILES string of the molecule is O=CC1=C(c2ccc(Cl)c(C(F)(F)F)c2)N2CCN=C2S1. The third kappa shape index (κ3) is 2.44. The summed E-state index contributed by atoms with van der Waals surface area (Å²) in [7, 11) is 0. The van der Waals surface area contributed by atoms with Gasteiger partial charge in [0.1, 0.15) is 0 Å². The van der Waals surface area contributed by atoms with E-state index in [0.29, 0.717) is 40.7 Å². The summed E-state index contributed by atoms with van der Waals surface area (Å²) in [5, 5.41) is 0.288. The normalized spacial score (nSPS) is 18.1. The van der Waals surface area contributed by atoms with Crippen LogP contribution in [-0.4, -0.2) is 29.4 Å². The Balaban J connectivity index is 2.12. The Bertz CT molecular complexity index is 684. The largest absolute Gasteiger partial charge is 0.417 e. The highest BCUT2D eigenvalue weighted by Gasteiger charge is 2.36. The number of halogens is 4. The molecule has 1 aromatic rings. The molecule has 0 amide bonds. The zero-order chi connectivity index (χ0) is 15.2. The minimum Gasteiger partial charge on any atom is -0.317 e. The maximum atomic E-state index is 13.0. The Morgan fingerprint density at radius 3 is 2.81 bits per heavy atom. The lowest BCUT2D eigenvalue weighted by Gasteiger charge is -2.18. The highest BCUT2D eigenvalue weighted by Crippen LogP contribution is 2.43. The van der Waals surface area contributed by atoms with Gasteiger partial charge in [-0.3, -0.25) is 9.79 Å². The Kier molecular flexibility index (Phi) is 3.49. The summed E-state index contributed by atoms with van der Waals surface area (Å²) in [5.41, 5.74) is -0.129. The number of hydrogen-bond donors (Lipinski definition) is 0. The van der Waals surface area contributed by atoms with E-state index in [4.69, 9.17) is 11.6 Å². The van der Waals surface area contributed by atoms with Crippen molar-refractivity contribution >= 4 is 40.5 Å². The quantitative estimate of drug-likeness (QED) is 0.775. The van der Waals surface area contributed by atoms with Crippen LogP contribution in [0.3, 0.4) is 0 Å². The van der Waals surface area contributed by atoms with Crippen LogP contribution in [0.2, 0.25) is 5.02 Å². The molecule has 0 saturated carbocycles. The molecular formula is C13H8ClF3N2OS. The van der Waals surface area contributed by atoms with E-state index in [1.807, 2.05) is 0 Å². The molecule has 2 aliphatic rings. The van der Waals surface area contributed by atoms with E-state index in [9.17, 15) is 18.0 Å². The molecule has 0 N–H and O–H groups in total. The molecule has 0 fully saturated rings. The lowest BCUT2D eigenvalue weighted by atomic mass is 10.1. The lowest BCUT2D eigenvalue weighted by Crippen LogP contribution is -2.20.